The van der Waals surface area contributed by atoms with Crippen LogP contribution in [0.15, 0.2) is 93.5 Å². The van der Waals surface area contributed by atoms with E-state index in [1.807, 2.05) is 5.32 Å². The Hall–Kier alpha value is -4.84. The van der Waals surface area contributed by atoms with E-state index in [1.54, 1.807) is 0 Å². The third-order valence-corrected chi connectivity index (χ3v) is 10.5. The number of phenolic OH excluding ortho intramolecular Hbond substituents is 1. The fourth-order valence-electron chi connectivity index (χ4n) is 4.26. The molecule has 4 rings (SSSR count). The number of hydrogen-bond acceptors (Lipinski definition) is 17. The third-order valence-electron chi connectivity index (χ3n) is 6.36. The molecule has 51 heavy (non-hydrogen) atoms. The van der Waals surface area contributed by atoms with E-state index in [0.717, 1.165) is 31.2 Å². The minimum Gasteiger partial charge on any atom is -0.768 e. The number of amides is 1. The molecule has 0 saturated carbocycles. The van der Waals surface area contributed by atoms with Gasteiger partial charge in [0.2, 0.25) is 5.91 Å². The molecule has 0 saturated heterocycles. The van der Waals surface area contributed by atoms with Crippen LogP contribution in [0.1, 0.15) is 6.92 Å². The number of nitrogens with one attached hydrogen (secondary N) is 1. The number of azo groups is 2. The van der Waals surface area contributed by atoms with Gasteiger partial charge in [-0.25, -0.2) is 0 Å². The second-order valence-corrected chi connectivity index (χ2v) is 16.3. The van der Waals surface area contributed by atoms with Crippen molar-refractivity contribution >= 4 is 102 Å². The lowest BCUT2D eigenvalue weighted by Crippen LogP contribution is -2.12. The molecule has 272 valence electrons. The summed E-state index contributed by atoms with van der Waals surface area (Å²) in [5.74, 6) is -2.04. The van der Waals surface area contributed by atoms with Crippen LogP contribution in [0.4, 0.5) is 34.1 Å². The molecule has 0 spiro atoms. The highest BCUT2D eigenvalue weighted by atomic mass is 32.2. The molecule has 1 atom stereocenters. The molecule has 0 aliphatic heterocycles. The zero-order valence-electron chi connectivity index (χ0n) is 24.8. The summed E-state index contributed by atoms with van der Waals surface area (Å²) in [6.07, 6.45) is 0. The Morgan fingerprint density at radius 1 is 0.686 bits per heavy atom. The van der Waals surface area contributed by atoms with Crippen LogP contribution in [-0.4, -0.2) is 71.7 Å². The number of anilines is 2. The average molecular weight is 808 g/mol. The smallest absolute Gasteiger partial charge is 0.296 e. The van der Waals surface area contributed by atoms with Crippen LogP contribution >= 0.6 is 0 Å². The minimum absolute atomic E-state index is 0.190. The number of phenols is 1. The SMILES string of the molecule is CC(=O)Nc1cc(N=Nc2c(S(=O)(=O)O)cc3c(N=Nc4ccc(S(=O)[O-])cc4S(=O)(=O)O)c(N)ccc3c2O)c(S(=O)(=O)O)cc1S(=O)(=O)O. The van der Waals surface area contributed by atoms with E-state index in [0.29, 0.717) is 18.2 Å². The van der Waals surface area contributed by atoms with Crippen LogP contribution in [0.3, 0.4) is 0 Å². The van der Waals surface area contributed by atoms with Crippen LogP contribution in [0, 0.1) is 0 Å². The highest BCUT2D eigenvalue weighted by molar-refractivity contribution is 7.87. The fraction of sp³-hybridized carbons (Fsp3) is 0.0417. The zero-order chi connectivity index (χ0) is 38.4. The monoisotopic (exact) mass is 807 g/mol. The van der Waals surface area contributed by atoms with E-state index in [4.69, 9.17) is 5.73 Å². The highest BCUT2D eigenvalue weighted by Crippen LogP contribution is 2.46. The van der Waals surface area contributed by atoms with Crippen molar-refractivity contribution in [2.45, 2.75) is 31.4 Å². The van der Waals surface area contributed by atoms with Gasteiger partial charge in [0, 0.05) is 22.6 Å². The predicted molar refractivity (Wildman–Crippen MR) is 172 cm³/mol. The number of carbonyl (C=O) groups is 1. The number of nitrogen functional groups attached to an aromatic ring is 1. The van der Waals surface area contributed by atoms with E-state index < -0.39 is 122 Å². The number of hydrogen-bond donors (Lipinski definition) is 7. The van der Waals surface area contributed by atoms with Crippen LogP contribution < -0.4 is 11.1 Å². The maximum absolute atomic E-state index is 12.5. The van der Waals surface area contributed by atoms with Gasteiger partial charge in [-0.15, -0.1) is 20.5 Å². The van der Waals surface area contributed by atoms with Crippen molar-refractivity contribution in [1.29, 1.82) is 0 Å². The van der Waals surface area contributed by atoms with E-state index in [1.165, 1.54) is 0 Å². The molecule has 0 aliphatic carbocycles. The number of carbonyl (C=O) groups excluding carboxylic acids is 1. The van der Waals surface area contributed by atoms with Crippen molar-refractivity contribution in [2.24, 2.45) is 20.5 Å². The first-order valence-corrected chi connectivity index (χ1v) is 19.6. The third kappa shape index (κ3) is 8.56. The number of fused-ring (bicyclic) bond motifs is 1. The first-order valence-electron chi connectivity index (χ1n) is 12.8. The summed E-state index contributed by atoms with van der Waals surface area (Å²) in [5, 5.41) is 26.7. The number of benzene rings is 4. The first-order chi connectivity index (χ1) is 23.3. The lowest BCUT2D eigenvalue weighted by Gasteiger charge is -2.13. The molecular formula is C24H19N6O16S5-. The Morgan fingerprint density at radius 2 is 1.22 bits per heavy atom. The Morgan fingerprint density at radius 3 is 1.75 bits per heavy atom. The van der Waals surface area contributed by atoms with E-state index in [9.17, 15) is 70.5 Å². The number of nitrogens with two attached hydrogens (primary N) is 1. The van der Waals surface area contributed by atoms with Gasteiger partial charge in [-0.3, -0.25) is 27.2 Å². The molecule has 0 aromatic heterocycles. The van der Waals surface area contributed by atoms with Crippen molar-refractivity contribution in [3.63, 3.8) is 0 Å². The Balaban J connectivity index is 2.00. The van der Waals surface area contributed by atoms with Gasteiger partial charge in [0.25, 0.3) is 40.5 Å². The van der Waals surface area contributed by atoms with E-state index >= 15 is 0 Å². The van der Waals surface area contributed by atoms with Crippen molar-refractivity contribution in [1.82, 2.24) is 0 Å². The topological polar surface area (TPSA) is 382 Å². The summed E-state index contributed by atoms with van der Waals surface area (Å²) >= 11 is -2.93. The molecule has 0 heterocycles. The number of rotatable bonds is 10. The van der Waals surface area contributed by atoms with Crippen LogP contribution in [0.5, 0.6) is 5.75 Å². The van der Waals surface area contributed by atoms with Gasteiger partial charge in [0.15, 0.2) is 5.75 Å². The van der Waals surface area contributed by atoms with Crippen LogP contribution in [0.2, 0.25) is 0 Å². The summed E-state index contributed by atoms with van der Waals surface area (Å²) in [6, 6.07) is 5.79. The second-order valence-electron chi connectivity index (χ2n) is 9.83. The summed E-state index contributed by atoms with van der Waals surface area (Å²) in [7, 11) is -21.2. The molecule has 22 nitrogen and oxygen atoms in total. The quantitative estimate of drug-likeness (QED) is 0.0523. The first kappa shape index (κ1) is 39.0. The Labute approximate surface area is 289 Å². The maximum Gasteiger partial charge on any atom is 0.296 e. The van der Waals surface area contributed by atoms with E-state index in [-0.39, 0.29) is 17.1 Å². The molecule has 4 aromatic carbocycles. The molecule has 4 aromatic rings. The lowest BCUT2D eigenvalue weighted by molar-refractivity contribution is -0.114. The van der Waals surface area contributed by atoms with Crippen LogP contribution in [0.25, 0.3) is 10.8 Å². The Bertz CT molecular complexity index is 2700. The molecule has 0 aliphatic rings. The summed E-state index contributed by atoms with van der Waals surface area (Å²) < 4.78 is 158. The zero-order valence-corrected chi connectivity index (χ0v) is 28.8. The lowest BCUT2D eigenvalue weighted by atomic mass is 10.1. The van der Waals surface area contributed by atoms with Crippen LogP contribution in [-0.2, 0) is 56.3 Å². The summed E-state index contributed by atoms with van der Waals surface area (Å²) in [6.45, 7) is 0.902. The molecular weight excluding hydrogens is 789 g/mol. The summed E-state index contributed by atoms with van der Waals surface area (Å²) in [4.78, 5) is 6.29. The van der Waals surface area contributed by atoms with Gasteiger partial charge < -0.3 is 20.7 Å². The van der Waals surface area contributed by atoms with Crippen molar-refractivity contribution in [2.75, 3.05) is 11.1 Å². The number of aromatic hydroxyl groups is 1. The molecule has 1 unspecified atom stereocenters. The molecule has 0 radical (unpaired) electrons. The standard InChI is InChI=1S/C24H20N6O16S5/c1-10(31)26-16-8-17(20(50(41,42)43)9-19(16)49(38,39)40)28-30-23-21(51(44,45)46)7-13-12(24(23)32)3-4-14(25)22(13)29-27-15-5-2-11(47(33)34)6-18(15)48(35,36)37/h2-9,32H,25H2,1H3,(H,26,31)(H,33,34)(H,35,36,37)(H,38,39,40)(H,41,42,43)(H,44,45,46)/p-1. The van der Waals surface area contributed by atoms with Gasteiger partial charge in [-0.05, 0) is 59.6 Å². The van der Waals surface area contributed by atoms with Crippen molar-refractivity contribution < 1.29 is 70.5 Å². The molecule has 8 N–H and O–H groups in total. The number of nitrogens with zero attached hydrogens (tertiary/aromatic N) is 4. The van der Waals surface area contributed by atoms with Crippen molar-refractivity contribution in [3.8, 4) is 5.75 Å². The maximum atomic E-state index is 12.5. The average Bonchev–Trinajstić information content (AvgIpc) is 2.97. The Kier molecular flexibility index (Phi) is 10.5. The van der Waals surface area contributed by atoms with Gasteiger partial charge >= 0.3 is 0 Å². The van der Waals surface area contributed by atoms with Gasteiger partial charge in [-0.2, -0.15) is 33.7 Å². The molecule has 0 bridgehead atoms. The van der Waals surface area contributed by atoms with Crippen molar-refractivity contribution in [3.05, 3.63) is 48.5 Å². The van der Waals surface area contributed by atoms with Gasteiger partial charge in [-0.1, -0.05) is 0 Å². The summed E-state index contributed by atoms with van der Waals surface area (Å²) in [5.41, 5.74) is 1.71. The predicted octanol–water partition coefficient (Wildman–Crippen LogP) is 3.14. The largest absolute Gasteiger partial charge is 0.768 e. The van der Waals surface area contributed by atoms with E-state index in [2.05, 4.69) is 20.5 Å². The highest BCUT2D eigenvalue weighted by Gasteiger charge is 2.27. The molecule has 27 heteroatoms. The minimum atomic E-state index is -5.41. The van der Waals surface area contributed by atoms with Gasteiger partial charge in [0.1, 0.15) is 42.3 Å². The second kappa shape index (κ2) is 13.7. The molecule has 1 amide bonds. The normalized spacial score (nSPS) is 13.6. The molecule has 0 fully saturated rings. The fourth-order valence-corrected chi connectivity index (χ4v) is 7.38. The van der Waals surface area contributed by atoms with Gasteiger partial charge in [0.05, 0.1) is 11.4 Å².